The van der Waals surface area contributed by atoms with Gasteiger partial charge in [-0.1, -0.05) is 12.1 Å². The van der Waals surface area contributed by atoms with E-state index >= 15 is 0 Å². The number of amides is 1. The molecule has 1 fully saturated rings. The summed E-state index contributed by atoms with van der Waals surface area (Å²) in [6.07, 6.45) is -4.20. The van der Waals surface area contributed by atoms with Crippen molar-refractivity contribution in [3.63, 3.8) is 0 Å². The SMILES string of the molecule is C[C@@H]1CN(C(=O)Cc2ccc(C(F)(F)F)cc2)C[C@@H](C)N1. The highest BCUT2D eigenvalue weighted by atomic mass is 19.4. The van der Waals surface area contributed by atoms with Crippen molar-refractivity contribution in [1.82, 2.24) is 10.2 Å². The van der Waals surface area contributed by atoms with Crippen molar-refractivity contribution in [2.75, 3.05) is 13.1 Å². The number of rotatable bonds is 2. The molecule has 0 aliphatic carbocycles. The third-order valence-electron chi connectivity index (χ3n) is 3.55. The summed E-state index contributed by atoms with van der Waals surface area (Å²) >= 11 is 0. The molecule has 1 aromatic rings. The molecule has 0 bridgehead atoms. The van der Waals surface area contributed by atoms with Crippen LogP contribution in [0.4, 0.5) is 13.2 Å². The molecule has 0 radical (unpaired) electrons. The molecule has 6 heteroatoms. The van der Waals surface area contributed by atoms with E-state index in [0.717, 1.165) is 12.1 Å². The molecule has 116 valence electrons. The Morgan fingerprint density at radius 2 is 1.71 bits per heavy atom. The number of carbonyl (C=O) groups is 1. The maximum atomic E-state index is 12.5. The number of piperazine rings is 1. The van der Waals surface area contributed by atoms with Crippen LogP contribution < -0.4 is 5.32 Å². The van der Waals surface area contributed by atoms with Crippen molar-refractivity contribution >= 4 is 5.91 Å². The van der Waals surface area contributed by atoms with Crippen LogP contribution in [0.5, 0.6) is 0 Å². The van der Waals surface area contributed by atoms with Crippen LogP contribution in [-0.4, -0.2) is 36.0 Å². The van der Waals surface area contributed by atoms with Gasteiger partial charge in [0, 0.05) is 25.2 Å². The summed E-state index contributed by atoms with van der Waals surface area (Å²) in [4.78, 5) is 14.0. The molecule has 2 atom stereocenters. The van der Waals surface area contributed by atoms with Crippen LogP contribution in [0, 0.1) is 0 Å². The van der Waals surface area contributed by atoms with Crippen LogP contribution in [0.1, 0.15) is 25.0 Å². The Hall–Kier alpha value is -1.56. The minimum Gasteiger partial charge on any atom is -0.339 e. The predicted molar refractivity (Wildman–Crippen MR) is 73.8 cm³/mol. The fourth-order valence-electron chi connectivity index (χ4n) is 2.63. The molecule has 1 aromatic carbocycles. The second kappa shape index (κ2) is 6.05. The maximum Gasteiger partial charge on any atom is 0.416 e. The van der Waals surface area contributed by atoms with Gasteiger partial charge in [-0.3, -0.25) is 4.79 Å². The van der Waals surface area contributed by atoms with E-state index in [9.17, 15) is 18.0 Å². The highest BCUT2D eigenvalue weighted by Gasteiger charge is 2.30. The molecule has 1 aliphatic heterocycles. The Balaban J connectivity index is 1.99. The van der Waals surface area contributed by atoms with Crippen LogP contribution in [-0.2, 0) is 17.4 Å². The largest absolute Gasteiger partial charge is 0.416 e. The van der Waals surface area contributed by atoms with Gasteiger partial charge < -0.3 is 10.2 Å². The maximum absolute atomic E-state index is 12.5. The zero-order valence-electron chi connectivity index (χ0n) is 12.1. The smallest absolute Gasteiger partial charge is 0.339 e. The summed E-state index contributed by atoms with van der Waals surface area (Å²) in [7, 11) is 0. The number of carbonyl (C=O) groups excluding carboxylic acids is 1. The molecule has 2 rings (SSSR count). The van der Waals surface area contributed by atoms with Gasteiger partial charge in [0.05, 0.1) is 12.0 Å². The number of nitrogens with zero attached hydrogens (tertiary/aromatic N) is 1. The van der Waals surface area contributed by atoms with E-state index < -0.39 is 11.7 Å². The number of alkyl halides is 3. The van der Waals surface area contributed by atoms with E-state index in [1.165, 1.54) is 12.1 Å². The summed E-state index contributed by atoms with van der Waals surface area (Å²) in [5.41, 5.74) is -0.0880. The van der Waals surface area contributed by atoms with Crippen molar-refractivity contribution in [1.29, 1.82) is 0 Å². The Morgan fingerprint density at radius 3 is 2.19 bits per heavy atom. The third-order valence-corrected chi connectivity index (χ3v) is 3.55. The fraction of sp³-hybridized carbons (Fsp3) is 0.533. The molecule has 0 aromatic heterocycles. The van der Waals surface area contributed by atoms with Crippen molar-refractivity contribution in [3.8, 4) is 0 Å². The van der Waals surface area contributed by atoms with Gasteiger partial charge in [-0.15, -0.1) is 0 Å². The van der Waals surface area contributed by atoms with Gasteiger partial charge in [-0.2, -0.15) is 13.2 Å². The van der Waals surface area contributed by atoms with E-state index in [0.29, 0.717) is 18.7 Å². The molecule has 0 spiro atoms. The van der Waals surface area contributed by atoms with Gasteiger partial charge in [0.25, 0.3) is 0 Å². The first-order valence-corrected chi connectivity index (χ1v) is 6.95. The van der Waals surface area contributed by atoms with Gasteiger partial charge in [0.15, 0.2) is 0 Å². The molecule has 0 saturated carbocycles. The number of nitrogens with one attached hydrogen (secondary N) is 1. The average molecular weight is 300 g/mol. The molecule has 1 saturated heterocycles. The lowest BCUT2D eigenvalue weighted by Gasteiger charge is -2.36. The molecule has 1 amide bonds. The lowest BCUT2D eigenvalue weighted by Crippen LogP contribution is -2.56. The number of hydrogen-bond donors (Lipinski definition) is 1. The van der Waals surface area contributed by atoms with E-state index in [4.69, 9.17) is 0 Å². The summed E-state index contributed by atoms with van der Waals surface area (Å²) in [6, 6.07) is 5.23. The summed E-state index contributed by atoms with van der Waals surface area (Å²) in [6.45, 7) is 5.27. The van der Waals surface area contributed by atoms with Crippen molar-refractivity contribution in [2.24, 2.45) is 0 Å². The quantitative estimate of drug-likeness (QED) is 0.910. The second-order valence-corrected chi connectivity index (χ2v) is 5.64. The predicted octanol–water partition coefficient (Wildman–Crippen LogP) is 2.46. The normalized spacial score (nSPS) is 23.2. The van der Waals surface area contributed by atoms with Gasteiger partial charge in [-0.25, -0.2) is 0 Å². The van der Waals surface area contributed by atoms with E-state index in [1.54, 1.807) is 4.90 Å². The number of benzene rings is 1. The summed E-state index contributed by atoms with van der Waals surface area (Å²) < 4.78 is 37.4. The van der Waals surface area contributed by atoms with E-state index in [1.807, 2.05) is 13.8 Å². The number of halogens is 3. The Morgan fingerprint density at radius 1 is 1.19 bits per heavy atom. The van der Waals surface area contributed by atoms with Crippen LogP contribution in [0.25, 0.3) is 0 Å². The minimum atomic E-state index is -4.34. The second-order valence-electron chi connectivity index (χ2n) is 5.64. The molecule has 1 N–H and O–H groups in total. The van der Waals surface area contributed by atoms with E-state index in [-0.39, 0.29) is 24.4 Å². The highest BCUT2D eigenvalue weighted by molar-refractivity contribution is 5.79. The van der Waals surface area contributed by atoms with Gasteiger partial charge in [0.1, 0.15) is 0 Å². The first-order valence-electron chi connectivity index (χ1n) is 6.95. The van der Waals surface area contributed by atoms with Crippen molar-refractivity contribution < 1.29 is 18.0 Å². The van der Waals surface area contributed by atoms with Crippen LogP contribution in [0.3, 0.4) is 0 Å². The molecular formula is C15H19F3N2O. The first kappa shape index (κ1) is 15.8. The van der Waals surface area contributed by atoms with Gasteiger partial charge in [-0.05, 0) is 31.5 Å². The lowest BCUT2D eigenvalue weighted by molar-refractivity contribution is -0.137. The first-order chi connectivity index (χ1) is 9.75. The van der Waals surface area contributed by atoms with Crippen molar-refractivity contribution in [3.05, 3.63) is 35.4 Å². The van der Waals surface area contributed by atoms with Gasteiger partial charge in [0.2, 0.25) is 5.91 Å². The zero-order chi connectivity index (χ0) is 15.6. The third kappa shape index (κ3) is 4.20. The Kier molecular flexibility index (Phi) is 4.56. The molecule has 21 heavy (non-hydrogen) atoms. The zero-order valence-corrected chi connectivity index (χ0v) is 12.1. The lowest BCUT2D eigenvalue weighted by atomic mass is 10.1. The molecule has 1 aliphatic rings. The van der Waals surface area contributed by atoms with Crippen molar-refractivity contribution in [2.45, 2.75) is 38.5 Å². The van der Waals surface area contributed by atoms with Crippen LogP contribution >= 0.6 is 0 Å². The summed E-state index contributed by atoms with van der Waals surface area (Å²) in [5, 5.41) is 3.33. The molecule has 0 unspecified atom stereocenters. The Labute approximate surface area is 122 Å². The topological polar surface area (TPSA) is 32.3 Å². The minimum absolute atomic E-state index is 0.0463. The molecule has 3 nitrogen and oxygen atoms in total. The molecular weight excluding hydrogens is 281 g/mol. The standard InChI is InChI=1S/C15H19F3N2O/c1-10-8-20(9-11(2)19-10)14(21)7-12-3-5-13(6-4-12)15(16,17)18/h3-6,10-11,19H,7-9H2,1-2H3/t10-,11-/m1/s1. The van der Waals surface area contributed by atoms with Crippen LogP contribution in [0.15, 0.2) is 24.3 Å². The number of hydrogen-bond acceptors (Lipinski definition) is 2. The molecule has 1 heterocycles. The summed E-state index contributed by atoms with van der Waals surface area (Å²) in [5.74, 6) is -0.0463. The average Bonchev–Trinajstić information content (AvgIpc) is 2.37. The van der Waals surface area contributed by atoms with Crippen LogP contribution in [0.2, 0.25) is 0 Å². The highest BCUT2D eigenvalue weighted by Crippen LogP contribution is 2.29. The fourth-order valence-corrected chi connectivity index (χ4v) is 2.63. The van der Waals surface area contributed by atoms with E-state index in [2.05, 4.69) is 5.32 Å². The monoisotopic (exact) mass is 300 g/mol. The Bertz CT molecular complexity index is 489. The van der Waals surface area contributed by atoms with Gasteiger partial charge >= 0.3 is 6.18 Å².